The zero-order valence-corrected chi connectivity index (χ0v) is 14.0. The first-order chi connectivity index (χ1) is 12.1. The monoisotopic (exact) mass is 339 g/mol. The summed E-state index contributed by atoms with van der Waals surface area (Å²) in [4.78, 5) is 11.8. The van der Waals surface area contributed by atoms with Crippen molar-refractivity contribution in [1.29, 1.82) is 0 Å². The van der Waals surface area contributed by atoms with Gasteiger partial charge in [-0.25, -0.2) is 5.43 Å². The second-order valence-corrected chi connectivity index (χ2v) is 5.22. The first kappa shape index (κ1) is 18.1. The third-order valence-electron chi connectivity index (χ3n) is 3.45. The van der Waals surface area contributed by atoms with E-state index < -0.39 is 0 Å². The fraction of sp³-hybridized carbons (Fsp3) is 0.158. The molecule has 1 amide bonds. The number of phenols is 1. The highest BCUT2D eigenvalue weighted by Gasteiger charge is 2.04. The largest absolute Gasteiger partial charge is 0.507 e. The van der Waals surface area contributed by atoms with E-state index >= 15 is 0 Å². The molecule has 0 saturated carbocycles. The summed E-state index contributed by atoms with van der Waals surface area (Å²) in [6, 6.07) is 12.6. The summed E-state index contributed by atoms with van der Waals surface area (Å²) < 4.78 is 5.07. The van der Waals surface area contributed by atoms with Crippen molar-refractivity contribution >= 4 is 17.8 Å². The van der Waals surface area contributed by atoms with E-state index in [-0.39, 0.29) is 18.2 Å². The van der Waals surface area contributed by atoms with Crippen LogP contribution in [-0.4, -0.2) is 30.9 Å². The molecule has 0 fully saturated rings. The number of methoxy groups -OCH3 is 1. The van der Waals surface area contributed by atoms with Crippen LogP contribution in [0.15, 0.2) is 60.2 Å². The van der Waals surface area contributed by atoms with E-state index in [1.54, 1.807) is 31.4 Å². The number of hydrazone groups is 1. The van der Waals surface area contributed by atoms with Crippen LogP contribution in [0.4, 0.5) is 5.69 Å². The average Bonchev–Trinajstić information content (AvgIpc) is 2.63. The molecule has 25 heavy (non-hydrogen) atoms. The van der Waals surface area contributed by atoms with Gasteiger partial charge in [-0.2, -0.15) is 5.10 Å². The minimum Gasteiger partial charge on any atom is -0.507 e. The van der Waals surface area contributed by atoms with Gasteiger partial charge in [0.25, 0.3) is 5.91 Å². The molecule has 0 radical (unpaired) electrons. The van der Waals surface area contributed by atoms with Crippen LogP contribution in [0.25, 0.3) is 0 Å². The minimum atomic E-state index is -0.297. The number of benzene rings is 2. The number of amides is 1. The normalized spacial score (nSPS) is 10.4. The number of hydrogen-bond acceptors (Lipinski definition) is 5. The number of allylic oxidation sites excluding steroid dienone is 1. The minimum absolute atomic E-state index is 0.0756. The van der Waals surface area contributed by atoms with Crippen molar-refractivity contribution in [2.45, 2.75) is 6.42 Å². The molecule has 130 valence electrons. The third-order valence-corrected chi connectivity index (χ3v) is 3.45. The highest BCUT2D eigenvalue weighted by atomic mass is 16.5. The lowest BCUT2D eigenvalue weighted by molar-refractivity contribution is -0.119. The molecule has 0 aliphatic carbocycles. The fourth-order valence-electron chi connectivity index (χ4n) is 2.14. The highest BCUT2D eigenvalue weighted by Crippen LogP contribution is 2.21. The predicted molar refractivity (Wildman–Crippen MR) is 99.2 cm³/mol. The molecule has 0 atom stereocenters. The van der Waals surface area contributed by atoms with E-state index in [1.165, 1.54) is 6.21 Å². The van der Waals surface area contributed by atoms with E-state index in [9.17, 15) is 9.90 Å². The summed E-state index contributed by atoms with van der Waals surface area (Å²) in [7, 11) is 1.60. The molecule has 0 spiro atoms. The molecule has 0 bridgehead atoms. The fourth-order valence-corrected chi connectivity index (χ4v) is 2.14. The van der Waals surface area contributed by atoms with Crippen LogP contribution >= 0.6 is 0 Å². The summed E-state index contributed by atoms with van der Waals surface area (Å²) in [5.74, 6) is 0.587. The Kier molecular flexibility index (Phi) is 6.59. The first-order valence-electron chi connectivity index (χ1n) is 7.75. The van der Waals surface area contributed by atoms with Gasteiger partial charge in [0, 0.05) is 11.3 Å². The van der Waals surface area contributed by atoms with Crippen molar-refractivity contribution in [3.63, 3.8) is 0 Å². The van der Waals surface area contributed by atoms with Crippen LogP contribution < -0.4 is 15.5 Å². The van der Waals surface area contributed by atoms with Crippen LogP contribution in [0.1, 0.15) is 11.1 Å². The highest BCUT2D eigenvalue weighted by molar-refractivity contribution is 5.86. The number of ether oxygens (including phenoxy) is 1. The zero-order chi connectivity index (χ0) is 18.1. The van der Waals surface area contributed by atoms with Crippen molar-refractivity contribution in [1.82, 2.24) is 5.43 Å². The van der Waals surface area contributed by atoms with Gasteiger partial charge in [0.05, 0.1) is 19.9 Å². The number of rotatable bonds is 8. The molecule has 0 heterocycles. The van der Waals surface area contributed by atoms with Crippen molar-refractivity contribution in [2.75, 3.05) is 19.0 Å². The molecule has 0 aromatic heterocycles. The lowest BCUT2D eigenvalue weighted by Crippen LogP contribution is -2.25. The lowest BCUT2D eigenvalue weighted by Gasteiger charge is -2.06. The Hall–Kier alpha value is -3.28. The standard InChI is InChI=1S/C19H21N3O3/c1-3-5-14-6-4-7-15(19(14)24)12-21-22-18(23)13-20-16-8-10-17(25-2)11-9-16/h3-4,6-12,20,24H,1,5,13H2,2H3,(H,22,23)/b21-12+. The van der Waals surface area contributed by atoms with Crippen LogP contribution in [-0.2, 0) is 11.2 Å². The maximum absolute atomic E-state index is 11.8. The summed E-state index contributed by atoms with van der Waals surface area (Å²) in [6.45, 7) is 3.73. The average molecular weight is 339 g/mol. The maximum Gasteiger partial charge on any atom is 0.259 e. The van der Waals surface area contributed by atoms with E-state index in [1.807, 2.05) is 24.3 Å². The number of hydrogen-bond donors (Lipinski definition) is 3. The SMILES string of the molecule is C=CCc1cccc(/C=N/NC(=O)CNc2ccc(OC)cc2)c1O. The molecule has 6 heteroatoms. The van der Waals surface area contributed by atoms with Gasteiger partial charge in [0.15, 0.2) is 0 Å². The van der Waals surface area contributed by atoms with Gasteiger partial charge in [0.1, 0.15) is 11.5 Å². The predicted octanol–water partition coefficient (Wildman–Crippen LogP) is 2.69. The summed E-state index contributed by atoms with van der Waals surface area (Å²) in [5.41, 5.74) is 4.50. The van der Waals surface area contributed by atoms with Crippen LogP contribution in [0, 0.1) is 0 Å². The smallest absolute Gasteiger partial charge is 0.259 e. The van der Waals surface area contributed by atoms with Gasteiger partial charge in [-0.1, -0.05) is 18.2 Å². The molecule has 3 N–H and O–H groups in total. The summed E-state index contributed by atoms with van der Waals surface area (Å²) >= 11 is 0. The van der Waals surface area contributed by atoms with E-state index in [0.29, 0.717) is 12.0 Å². The van der Waals surface area contributed by atoms with Crippen LogP contribution in [0.5, 0.6) is 11.5 Å². The second kappa shape index (κ2) is 9.12. The maximum atomic E-state index is 11.8. The topological polar surface area (TPSA) is 83.0 Å². The van der Waals surface area contributed by atoms with E-state index in [0.717, 1.165) is 17.0 Å². The van der Waals surface area contributed by atoms with E-state index in [4.69, 9.17) is 4.74 Å². The Morgan fingerprint density at radius 1 is 1.28 bits per heavy atom. The Morgan fingerprint density at radius 2 is 2.04 bits per heavy atom. The molecule has 0 saturated heterocycles. The number of para-hydroxylation sites is 1. The molecule has 2 rings (SSSR count). The number of carbonyl (C=O) groups excluding carboxylic acids is 1. The molecular formula is C19H21N3O3. The van der Waals surface area contributed by atoms with Crippen molar-refractivity contribution < 1.29 is 14.6 Å². The summed E-state index contributed by atoms with van der Waals surface area (Å²) in [6.07, 6.45) is 3.68. The van der Waals surface area contributed by atoms with Crippen molar-refractivity contribution in [2.24, 2.45) is 5.10 Å². The van der Waals surface area contributed by atoms with Gasteiger partial charge in [-0.05, 0) is 42.3 Å². The number of carbonyl (C=O) groups is 1. The quantitative estimate of drug-likeness (QED) is 0.392. The molecule has 2 aromatic carbocycles. The van der Waals surface area contributed by atoms with Gasteiger partial charge in [-0.3, -0.25) is 4.79 Å². The van der Waals surface area contributed by atoms with Crippen LogP contribution in [0.2, 0.25) is 0 Å². The summed E-state index contributed by atoms with van der Waals surface area (Å²) in [5, 5.41) is 17.0. The second-order valence-electron chi connectivity index (χ2n) is 5.22. The Balaban J connectivity index is 1.85. The molecule has 0 aliphatic rings. The van der Waals surface area contributed by atoms with Gasteiger partial charge in [0.2, 0.25) is 0 Å². The molecule has 2 aromatic rings. The Labute approximate surface area is 146 Å². The Morgan fingerprint density at radius 3 is 2.72 bits per heavy atom. The lowest BCUT2D eigenvalue weighted by atomic mass is 10.1. The number of phenolic OH excluding ortho intramolecular Hbond substituents is 1. The Bertz CT molecular complexity index is 755. The van der Waals surface area contributed by atoms with E-state index in [2.05, 4.69) is 22.4 Å². The van der Waals surface area contributed by atoms with Gasteiger partial charge >= 0.3 is 0 Å². The third kappa shape index (κ3) is 5.39. The number of aromatic hydroxyl groups is 1. The zero-order valence-electron chi connectivity index (χ0n) is 14.0. The van der Waals surface area contributed by atoms with Crippen molar-refractivity contribution in [3.8, 4) is 11.5 Å². The number of nitrogens with zero attached hydrogens (tertiary/aromatic N) is 1. The van der Waals surface area contributed by atoms with Crippen LogP contribution in [0.3, 0.4) is 0 Å². The molecule has 6 nitrogen and oxygen atoms in total. The molecule has 0 unspecified atom stereocenters. The van der Waals surface area contributed by atoms with Gasteiger partial charge < -0.3 is 15.2 Å². The number of nitrogens with one attached hydrogen (secondary N) is 2. The van der Waals surface area contributed by atoms with Crippen molar-refractivity contribution in [3.05, 3.63) is 66.2 Å². The number of anilines is 1. The molecule has 0 aliphatic heterocycles. The van der Waals surface area contributed by atoms with Gasteiger partial charge in [-0.15, -0.1) is 6.58 Å². The molecular weight excluding hydrogens is 318 g/mol. The first-order valence-corrected chi connectivity index (χ1v) is 7.75.